The molecular weight excluding hydrogens is 344 g/mol. The van der Waals surface area contributed by atoms with Crippen molar-refractivity contribution in [1.29, 1.82) is 0 Å². The summed E-state index contributed by atoms with van der Waals surface area (Å²) in [6.07, 6.45) is 4.95. The van der Waals surface area contributed by atoms with Crippen molar-refractivity contribution in [2.45, 2.75) is 26.1 Å². The first kappa shape index (κ1) is 15.7. The van der Waals surface area contributed by atoms with Gasteiger partial charge in [-0.1, -0.05) is 6.07 Å². The Morgan fingerprint density at radius 3 is 2.93 bits per heavy atom. The summed E-state index contributed by atoms with van der Waals surface area (Å²) in [7, 11) is 0. The molecule has 1 aliphatic heterocycles. The fourth-order valence-electron chi connectivity index (χ4n) is 3.39. The highest BCUT2D eigenvalue weighted by Crippen LogP contribution is 2.23. The van der Waals surface area contributed by atoms with Crippen LogP contribution in [-0.2, 0) is 13.1 Å². The molecule has 9 nitrogen and oxygen atoms in total. The number of hydrogen-bond donors (Lipinski definition) is 0. The number of ether oxygens (including phenoxy) is 1. The third-order valence-electron chi connectivity index (χ3n) is 4.57. The number of aromatic nitrogens is 7. The Hall–Kier alpha value is -3.49. The molecule has 0 aliphatic carbocycles. The maximum Gasteiger partial charge on any atom is 0.254 e. The van der Waals surface area contributed by atoms with E-state index in [-0.39, 0.29) is 6.10 Å². The van der Waals surface area contributed by atoms with Crippen molar-refractivity contribution in [1.82, 2.24) is 34.3 Å². The Morgan fingerprint density at radius 1 is 1.07 bits per heavy atom. The Balaban J connectivity index is 1.54. The molecule has 0 radical (unpaired) electrons. The van der Waals surface area contributed by atoms with Gasteiger partial charge >= 0.3 is 0 Å². The van der Waals surface area contributed by atoms with Gasteiger partial charge in [0.1, 0.15) is 18.2 Å². The van der Waals surface area contributed by atoms with Crippen molar-refractivity contribution in [2.75, 3.05) is 11.4 Å². The molecule has 4 aromatic rings. The standard InChI is InChI=1S/C18H18N8O/c1-13-8-17(26-18(23-13)20-12-22-26)24-9-14-5-7-21-25(14)11-15(10-24)27-16-4-2-3-6-19-16/h2-8,12,15H,9-11H2,1H3/t15-/m0/s1. The SMILES string of the molecule is Cc1cc(N2Cc3ccnn3C[C@@H](Oc3ccccn3)C2)n2ncnc2n1. The predicted molar refractivity (Wildman–Crippen MR) is 97.4 cm³/mol. The van der Waals surface area contributed by atoms with Crippen molar-refractivity contribution >= 4 is 11.6 Å². The van der Waals surface area contributed by atoms with Gasteiger partial charge in [0.05, 0.1) is 25.3 Å². The Bertz CT molecular complexity index is 1070. The van der Waals surface area contributed by atoms with Gasteiger partial charge in [0, 0.05) is 30.2 Å². The second-order valence-electron chi connectivity index (χ2n) is 6.52. The minimum absolute atomic E-state index is 0.118. The fourth-order valence-corrected chi connectivity index (χ4v) is 3.39. The molecule has 0 fully saturated rings. The average Bonchev–Trinajstić information content (AvgIpc) is 3.27. The van der Waals surface area contributed by atoms with E-state index in [9.17, 15) is 0 Å². The molecule has 0 saturated carbocycles. The van der Waals surface area contributed by atoms with Crippen LogP contribution in [-0.4, -0.2) is 47.0 Å². The monoisotopic (exact) mass is 362 g/mol. The van der Waals surface area contributed by atoms with Crippen molar-refractivity contribution in [3.63, 3.8) is 0 Å². The number of hydrogen-bond acceptors (Lipinski definition) is 7. The number of nitrogens with zero attached hydrogens (tertiary/aromatic N) is 8. The van der Waals surface area contributed by atoms with Gasteiger partial charge in [-0.25, -0.2) is 9.97 Å². The molecule has 27 heavy (non-hydrogen) atoms. The van der Waals surface area contributed by atoms with Crippen molar-refractivity contribution in [3.8, 4) is 5.88 Å². The van der Waals surface area contributed by atoms with Crippen LogP contribution in [0, 0.1) is 6.92 Å². The van der Waals surface area contributed by atoms with Gasteiger partial charge in [0.15, 0.2) is 0 Å². The lowest BCUT2D eigenvalue weighted by Crippen LogP contribution is -2.36. The second-order valence-corrected chi connectivity index (χ2v) is 6.52. The first-order chi connectivity index (χ1) is 13.3. The molecule has 0 aromatic carbocycles. The fraction of sp³-hybridized carbons (Fsp3) is 0.278. The van der Waals surface area contributed by atoms with Crippen LogP contribution >= 0.6 is 0 Å². The highest BCUT2D eigenvalue weighted by molar-refractivity contribution is 5.47. The number of fused-ring (bicyclic) bond motifs is 2. The zero-order valence-corrected chi connectivity index (χ0v) is 14.8. The summed E-state index contributed by atoms with van der Waals surface area (Å²) in [5.41, 5.74) is 2.01. The first-order valence-electron chi connectivity index (χ1n) is 8.77. The van der Waals surface area contributed by atoms with E-state index in [2.05, 4.69) is 30.0 Å². The molecule has 0 unspecified atom stereocenters. The summed E-state index contributed by atoms with van der Waals surface area (Å²) in [4.78, 5) is 15.2. The molecule has 5 rings (SSSR count). The van der Waals surface area contributed by atoms with Crippen LogP contribution in [0.15, 0.2) is 49.1 Å². The van der Waals surface area contributed by atoms with Crippen LogP contribution in [0.5, 0.6) is 5.88 Å². The average molecular weight is 362 g/mol. The number of rotatable bonds is 3. The van der Waals surface area contributed by atoms with Crippen LogP contribution in [0.3, 0.4) is 0 Å². The number of anilines is 1. The molecule has 1 atom stereocenters. The van der Waals surface area contributed by atoms with Crippen LogP contribution in [0.25, 0.3) is 5.78 Å². The molecule has 4 aromatic heterocycles. The quantitative estimate of drug-likeness (QED) is 0.546. The van der Waals surface area contributed by atoms with E-state index in [1.165, 1.54) is 6.33 Å². The third-order valence-corrected chi connectivity index (χ3v) is 4.57. The maximum absolute atomic E-state index is 6.16. The topological polar surface area (TPSA) is 86.3 Å². The lowest BCUT2D eigenvalue weighted by atomic mass is 10.3. The summed E-state index contributed by atoms with van der Waals surface area (Å²) in [5, 5.41) is 8.79. The molecule has 136 valence electrons. The largest absolute Gasteiger partial charge is 0.470 e. The molecule has 9 heteroatoms. The number of aryl methyl sites for hydroxylation is 1. The zero-order valence-electron chi connectivity index (χ0n) is 14.8. The lowest BCUT2D eigenvalue weighted by Gasteiger charge is -2.26. The molecule has 0 spiro atoms. The van der Waals surface area contributed by atoms with E-state index in [4.69, 9.17) is 4.74 Å². The van der Waals surface area contributed by atoms with Gasteiger partial charge in [0.25, 0.3) is 5.78 Å². The van der Waals surface area contributed by atoms with Crippen LogP contribution < -0.4 is 9.64 Å². The highest BCUT2D eigenvalue weighted by Gasteiger charge is 2.26. The molecule has 0 bridgehead atoms. The van der Waals surface area contributed by atoms with Crippen LogP contribution in [0.1, 0.15) is 11.4 Å². The minimum atomic E-state index is -0.118. The summed E-state index contributed by atoms with van der Waals surface area (Å²) < 4.78 is 9.91. The second kappa shape index (κ2) is 6.35. The lowest BCUT2D eigenvalue weighted by molar-refractivity contribution is 0.177. The molecule has 1 aliphatic rings. The highest BCUT2D eigenvalue weighted by atomic mass is 16.5. The van der Waals surface area contributed by atoms with Crippen molar-refractivity contribution in [2.24, 2.45) is 0 Å². The van der Waals surface area contributed by atoms with Gasteiger partial charge in [-0.15, -0.1) is 0 Å². The van der Waals surface area contributed by atoms with E-state index in [1.54, 1.807) is 10.7 Å². The van der Waals surface area contributed by atoms with E-state index in [0.29, 0.717) is 31.3 Å². The minimum Gasteiger partial charge on any atom is -0.470 e. The summed E-state index contributed by atoms with van der Waals surface area (Å²) in [6, 6.07) is 9.71. The summed E-state index contributed by atoms with van der Waals surface area (Å²) in [5.74, 6) is 2.12. The Morgan fingerprint density at radius 2 is 2.04 bits per heavy atom. The molecule has 0 amide bonds. The van der Waals surface area contributed by atoms with E-state index in [0.717, 1.165) is 17.2 Å². The molecule has 0 saturated heterocycles. The first-order valence-corrected chi connectivity index (χ1v) is 8.77. The van der Waals surface area contributed by atoms with Crippen LogP contribution in [0.2, 0.25) is 0 Å². The zero-order chi connectivity index (χ0) is 18.2. The molecule has 0 N–H and O–H groups in total. The Labute approximate surface area is 155 Å². The summed E-state index contributed by atoms with van der Waals surface area (Å²) >= 11 is 0. The van der Waals surface area contributed by atoms with Crippen molar-refractivity contribution in [3.05, 3.63) is 60.4 Å². The summed E-state index contributed by atoms with van der Waals surface area (Å²) in [6.45, 7) is 3.97. The Kier molecular flexibility index (Phi) is 3.70. The van der Waals surface area contributed by atoms with E-state index >= 15 is 0 Å². The third kappa shape index (κ3) is 2.97. The normalized spacial score (nSPS) is 16.9. The van der Waals surface area contributed by atoms with Gasteiger partial charge in [-0.05, 0) is 19.1 Å². The van der Waals surface area contributed by atoms with Gasteiger partial charge in [-0.2, -0.15) is 19.7 Å². The van der Waals surface area contributed by atoms with E-state index in [1.807, 2.05) is 48.1 Å². The van der Waals surface area contributed by atoms with Gasteiger partial charge in [0.2, 0.25) is 5.88 Å². The maximum atomic E-state index is 6.16. The van der Waals surface area contributed by atoms with Gasteiger partial charge < -0.3 is 9.64 Å². The van der Waals surface area contributed by atoms with Gasteiger partial charge in [-0.3, -0.25) is 4.68 Å². The predicted octanol–water partition coefficient (Wildman–Crippen LogP) is 1.49. The van der Waals surface area contributed by atoms with Crippen molar-refractivity contribution < 1.29 is 4.74 Å². The number of pyridine rings is 1. The molecule has 5 heterocycles. The smallest absolute Gasteiger partial charge is 0.254 e. The van der Waals surface area contributed by atoms with Crippen LogP contribution in [0.4, 0.5) is 5.82 Å². The van der Waals surface area contributed by atoms with E-state index < -0.39 is 0 Å². The molecular formula is C18H18N8O.